The standard InChI is InChI=1S/C15H31N3O/c1-5-17-15(4,14(16)19)8-6-9-18-10-7-13(11-18)12(2)3/h12-13,17H,5-11H2,1-4H3,(H2,16,19). The molecule has 1 fully saturated rings. The lowest BCUT2D eigenvalue weighted by atomic mass is 9.94. The first-order valence-electron chi connectivity index (χ1n) is 7.66. The zero-order valence-electron chi connectivity index (χ0n) is 13.0. The van der Waals surface area contributed by atoms with Crippen LogP contribution in [0.15, 0.2) is 0 Å². The third-order valence-electron chi connectivity index (χ3n) is 4.51. The average molecular weight is 269 g/mol. The van der Waals surface area contributed by atoms with E-state index < -0.39 is 5.54 Å². The minimum Gasteiger partial charge on any atom is -0.368 e. The second kappa shape index (κ2) is 7.25. The molecule has 1 saturated heterocycles. The SMILES string of the molecule is CCNC(C)(CCCN1CCC(C(C)C)C1)C(N)=O. The number of hydrogen-bond acceptors (Lipinski definition) is 3. The molecule has 2 atom stereocenters. The monoisotopic (exact) mass is 269 g/mol. The number of nitrogens with zero attached hydrogens (tertiary/aromatic N) is 1. The molecule has 0 aromatic rings. The molecule has 0 aromatic heterocycles. The van der Waals surface area contributed by atoms with Crippen molar-refractivity contribution in [3.63, 3.8) is 0 Å². The van der Waals surface area contributed by atoms with Gasteiger partial charge in [0.05, 0.1) is 5.54 Å². The largest absolute Gasteiger partial charge is 0.368 e. The van der Waals surface area contributed by atoms with Crippen molar-refractivity contribution in [2.24, 2.45) is 17.6 Å². The van der Waals surface area contributed by atoms with Crippen LogP contribution in [0, 0.1) is 11.8 Å². The smallest absolute Gasteiger partial charge is 0.237 e. The molecule has 112 valence electrons. The van der Waals surface area contributed by atoms with Gasteiger partial charge in [-0.05, 0) is 57.7 Å². The van der Waals surface area contributed by atoms with E-state index in [1.54, 1.807) is 0 Å². The lowest BCUT2D eigenvalue weighted by Gasteiger charge is -2.28. The number of nitrogens with two attached hydrogens (primary N) is 1. The summed E-state index contributed by atoms with van der Waals surface area (Å²) in [5.41, 5.74) is 4.95. The molecule has 2 unspecified atom stereocenters. The summed E-state index contributed by atoms with van der Waals surface area (Å²) in [7, 11) is 0. The number of hydrogen-bond donors (Lipinski definition) is 2. The molecule has 0 saturated carbocycles. The number of carbonyl (C=O) groups is 1. The molecule has 1 amide bonds. The molecule has 0 spiro atoms. The van der Waals surface area contributed by atoms with Gasteiger partial charge in [-0.1, -0.05) is 20.8 Å². The Balaban J connectivity index is 2.32. The van der Waals surface area contributed by atoms with Gasteiger partial charge in [-0.2, -0.15) is 0 Å². The van der Waals surface area contributed by atoms with Crippen molar-refractivity contribution in [1.82, 2.24) is 10.2 Å². The zero-order chi connectivity index (χ0) is 14.5. The Labute approximate surface area is 118 Å². The summed E-state index contributed by atoms with van der Waals surface area (Å²) in [6, 6.07) is 0. The van der Waals surface area contributed by atoms with Gasteiger partial charge in [0.1, 0.15) is 0 Å². The van der Waals surface area contributed by atoms with E-state index in [4.69, 9.17) is 5.73 Å². The Bertz CT molecular complexity index is 293. The van der Waals surface area contributed by atoms with Crippen LogP contribution >= 0.6 is 0 Å². The van der Waals surface area contributed by atoms with Crippen LogP contribution in [0.4, 0.5) is 0 Å². The fourth-order valence-electron chi connectivity index (χ4n) is 2.95. The number of rotatable bonds is 8. The van der Waals surface area contributed by atoms with Crippen LogP contribution in [-0.4, -0.2) is 42.5 Å². The van der Waals surface area contributed by atoms with Gasteiger partial charge in [0.2, 0.25) is 5.91 Å². The van der Waals surface area contributed by atoms with Crippen LogP contribution in [0.3, 0.4) is 0 Å². The fraction of sp³-hybridized carbons (Fsp3) is 0.933. The maximum atomic E-state index is 11.5. The molecule has 1 aliphatic heterocycles. The molecule has 3 N–H and O–H groups in total. The third kappa shape index (κ3) is 4.77. The summed E-state index contributed by atoms with van der Waals surface area (Å²) >= 11 is 0. The quantitative estimate of drug-likeness (QED) is 0.703. The first-order chi connectivity index (χ1) is 8.89. The molecule has 1 rings (SSSR count). The summed E-state index contributed by atoms with van der Waals surface area (Å²) in [4.78, 5) is 14.1. The van der Waals surface area contributed by atoms with Crippen molar-refractivity contribution in [3.8, 4) is 0 Å². The Kier molecular flexibility index (Phi) is 6.27. The summed E-state index contributed by atoms with van der Waals surface area (Å²) in [5, 5.41) is 3.22. The van der Waals surface area contributed by atoms with E-state index in [-0.39, 0.29) is 5.91 Å². The van der Waals surface area contributed by atoms with E-state index >= 15 is 0 Å². The summed E-state index contributed by atoms with van der Waals surface area (Å²) in [5.74, 6) is 1.38. The summed E-state index contributed by atoms with van der Waals surface area (Å²) in [6.07, 6.45) is 3.16. The van der Waals surface area contributed by atoms with Gasteiger partial charge in [0.25, 0.3) is 0 Å². The zero-order valence-corrected chi connectivity index (χ0v) is 13.0. The van der Waals surface area contributed by atoms with E-state index in [2.05, 4.69) is 24.1 Å². The van der Waals surface area contributed by atoms with Crippen LogP contribution in [0.25, 0.3) is 0 Å². The minimum atomic E-state index is -0.550. The van der Waals surface area contributed by atoms with E-state index in [1.165, 1.54) is 19.5 Å². The van der Waals surface area contributed by atoms with Crippen LogP contribution in [-0.2, 0) is 4.79 Å². The Morgan fingerprint density at radius 3 is 2.68 bits per heavy atom. The van der Waals surface area contributed by atoms with Crippen LogP contribution in [0.1, 0.15) is 47.0 Å². The molecule has 4 heteroatoms. The molecular weight excluding hydrogens is 238 g/mol. The predicted molar refractivity (Wildman–Crippen MR) is 79.9 cm³/mol. The van der Waals surface area contributed by atoms with Crippen molar-refractivity contribution in [3.05, 3.63) is 0 Å². The van der Waals surface area contributed by atoms with Gasteiger partial charge in [-0.25, -0.2) is 0 Å². The van der Waals surface area contributed by atoms with Crippen molar-refractivity contribution < 1.29 is 4.79 Å². The molecule has 4 nitrogen and oxygen atoms in total. The number of likely N-dealkylation sites (N-methyl/N-ethyl adjacent to an activating group) is 1. The normalized spacial score (nSPS) is 23.7. The van der Waals surface area contributed by atoms with Gasteiger partial charge in [0, 0.05) is 6.54 Å². The third-order valence-corrected chi connectivity index (χ3v) is 4.51. The maximum absolute atomic E-state index is 11.5. The van der Waals surface area contributed by atoms with E-state index in [0.717, 1.165) is 37.8 Å². The topological polar surface area (TPSA) is 58.4 Å². The van der Waals surface area contributed by atoms with Crippen molar-refractivity contribution in [2.75, 3.05) is 26.2 Å². The van der Waals surface area contributed by atoms with Gasteiger partial charge < -0.3 is 16.0 Å². The number of nitrogens with one attached hydrogen (secondary N) is 1. The van der Waals surface area contributed by atoms with E-state index in [9.17, 15) is 4.79 Å². The molecule has 0 aromatic carbocycles. The number of primary amides is 1. The molecule has 19 heavy (non-hydrogen) atoms. The Morgan fingerprint density at radius 1 is 1.53 bits per heavy atom. The van der Waals surface area contributed by atoms with Crippen molar-refractivity contribution in [1.29, 1.82) is 0 Å². The van der Waals surface area contributed by atoms with Gasteiger partial charge in [-0.15, -0.1) is 0 Å². The summed E-state index contributed by atoms with van der Waals surface area (Å²) in [6.45, 7) is 12.8. The minimum absolute atomic E-state index is 0.240. The van der Waals surface area contributed by atoms with Crippen molar-refractivity contribution >= 4 is 5.91 Å². The lowest BCUT2D eigenvalue weighted by Crippen LogP contribution is -2.53. The van der Waals surface area contributed by atoms with Crippen LogP contribution in [0.5, 0.6) is 0 Å². The number of amides is 1. The van der Waals surface area contributed by atoms with Crippen molar-refractivity contribution in [2.45, 2.75) is 52.5 Å². The highest BCUT2D eigenvalue weighted by Gasteiger charge is 2.30. The van der Waals surface area contributed by atoms with Gasteiger partial charge in [-0.3, -0.25) is 4.79 Å². The highest BCUT2D eigenvalue weighted by Crippen LogP contribution is 2.24. The Hall–Kier alpha value is -0.610. The van der Waals surface area contributed by atoms with E-state index in [1.807, 2.05) is 13.8 Å². The van der Waals surface area contributed by atoms with Crippen LogP contribution in [0.2, 0.25) is 0 Å². The van der Waals surface area contributed by atoms with Crippen LogP contribution < -0.4 is 11.1 Å². The molecule has 0 aliphatic carbocycles. The van der Waals surface area contributed by atoms with Gasteiger partial charge >= 0.3 is 0 Å². The first kappa shape index (κ1) is 16.4. The molecule has 1 aliphatic rings. The second-order valence-corrected chi connectivity index (χ2v) is 6.42. The molecular formula is C15H31N3O. The number of carbonyl (C=O) groups excluding carboxylic acids is 1. The highest BCUT2D eigenvalue weighted by atomic mass is 16.1. The Morgan fingerprint density at radius 2 is 2.21 bits per heavy atom. The maximum Gasteiger partial charge on any atom is 0.237 e. The number of likely N-dealkylation sites (tertiary alicyclic amines) is 1. The predicted octanol–water partition coefficient (Wildman–Crippen LogP) is 1.60. The molecule has 0 bridgehead atoms. The second-order valence-electron chi connectivity index (χ2n) is 6.42. The lowest BCUT2D eigenvalue weighted by molar-refractivity contribution is -0.124. The molecule has 0 radical (unpaired) electrons. The summed E-state index contributed by atoms with van der Waals surface area (Å²) < 4.78 is 0. The first-order valence-corrected chi connectivity index (χ1v) is 7.66. The average Bonchev–Trinajstić information content (AvgIpc) is 2.78. The van der Waals surface area contributed by atoms with Gasteiger partial charge in [0.15, 0.2) is 0 Å². The molecule has 1 heterocycles. The van der Waals surface area contributed by atoms with E-state index in [0.29, 0.717) is 0 Å². The fourth-order valence-corrected chi connectivity index (χ4v) is 2.95. The highest BCUT2D eigenvalue weighted by molar-refractivity contribution is 5.84.